The Hall–Kier alpha value is -1.13. The zero-order valence-electron chi connectivity index (χ0n) is 9.16. The first-order chi connectivity index (χ1) is 7.10. The fourth-order valence-corrected chi connectivity index (χ4v) is 1.37. The summed E-state index contributed by atoms with van der Waals surface area (Å²) in [6, 6.07) is 3.87. The van der Waals surface area contributed by atoms with Crippen LogP contribution in [0.3, 0.4) is 0 Å². The van der Waals surface area contributed by atoms with Gasteiger partial charge in [0.05, 0.1) is 19.3 Å². The molecule has 0 saturated heterocycles. The van der Waals surface area contributed by atoms with Gasteiger partial charge in [0.25, 0.3) is 0 Å². The van der Waals surface area contributed by atoms with E-state index in [1.807, 2.05) is 6.92 Å². The number of benzene rings is 1. The van der Waals surface area contributed by atoms with Crippen LogP contribution in [0.25, 0.3) is 0 Å². The highest BCUT2D eigenvalue weighted by Gasteiger charge is 2.18. The SMILES string of the molecule is COc1ccc(F)cc1C(N)C(C)OC. The predicted octanol–water partition coefficient (Wildman–Crippen LogP) is 1.87. The number of halogens is 1. The van der Waals surface area contributed by atoms with E-state index < -0.39 is 6.04 Å². The molecule has 0 aliphatic rings. The first kappa shape index (κ1) is 11.9. The molecule has 2 N–H and O–H groups in total. The standard InChI is InChI=1S/C11H16FNO2/c1-7(14-2)11(13)9-6-8(12)4-5-10(9)15-3/h4-7,11H,13H2,1-3H3. The van der Waals surface area contributed by atoms with Crippen LogP contribution in [-0.2, 0) is 4.74 Å². The second-order valence-corrected chi connectivity index (χ2v) is 3.35. The number of rotatable bonds is 4. The van der Waals surface area contributed by atoms with E-state index in [0.717, 1.165) is 0 Å². The van der Waals surface area contributed by atoms with Crippen molar-refractivity contribution >= 4 is 0 Å². The van der Waals surface area contributed by atoms with Gasteiger partial charge < -0.3 is 15.2 Å². The van der Waals surface area contributed by atoms with E-state index in [1.165, 1.54) is 19.2 Å². The summed E-state index contributed by atoms with van der Waals surface area (Å²) in [5.74, 6) is 0.248. The van der Waals surface area contributed by atoms with Gasteiger partial charge in [-0.2, -0.15) is 0 Å². The van der Waals surface area contributed by atoms with Crippen LogP contribution in [0.2, 0.25) is 0 Å². The Bertz CT molecular complexity index is 330. The number of nitrogens with two attached hydrogens (primary N) is 1. The maximum Gasteiger partial charge on any atom is 0.123 e. The van der Waals surface area contributed by atoms with Gasteiger partial charge in [0.15, 0.2) is 0 Å². The summed E-state index contributed by atoms with van der Waals surface area (Å²) in [4.78, 5) is 0. The second kappa shape index (κ2) is 5.09. The van der Waals surface area contributed by atoms with E-state index in [4.69, 9.17) is 15.2 Å². The molecule has 0 bridgehead atoms. The molecule has 0 aromatic heterocycles. The maximum atomic E-state index is 13.1. The molecule has 1 aromatic rings. The molecule has 4 heteroatoms. The largest absolute Gasteiger partial charge is 0.496 e. The summed E-state index contributed by atoms with van der Waals surface area (Å²) in [5, 5.41) is 0. The van der Waals surface area contributed by atoms with Crippen LogP contribution in [-0.4, -0.2) is 20.3 Å². The summed E-state index contributed by atoms with van der Waals surface area (Å²) in [6.45, 7) is 1.83. The van der Waals surface area contributed by atoms with E-state index in [2.05, 4.69) is 0 Å². The van der Waals surface area contributed by atoms with E-state index in [1.54, 1.807) is 13.2 Å². The molecule has 3 nitrogen and oxygen atoms in total. The highest BCUT2D eigenvalue weighted by atomic mass is 19.1. The minimum Gasteiger partial charge on any atom is -0.496 e. The van der Waals surface area contributed by atoms with Gasteiger partial charge in [0, 0.05) is 12.7 Å². The van der Waals surface area contributed by atoms with Gasteiger partial charge in [0.2, 0.25) is 0 Å². The summed E-state index contributed by atoms with van der Waals surface area (Å²) < 4.78 is 23.3. The smallest absolute Gasteiger partial charge is 0.123 e. The Morgan fingerprint density at radius 2 is 2.00 bits per heavy atom. The highest BCUT2D eigenvalue weighted by Crippen LogP contribution is 2.27. The monoisotopic (exact) mass is 213 g/mol. The third-order valence-corrected chi connectivity index (χ3v) is 2.43. The first-order valence-corrected chi connectivity index (χ1v) is 4.72. The van der Waals surface area contributed by atoms with Gasteiger partial charge in [-0.15, -0.1) is 0 Å². The Morgan fingerprint density at radius 1 is 1.33 bits per heavy atom. The molecular weight excluding hydrogens is 197 g/mol. The van der Waals surface area contributed by atoms with Crippen LogP contribution in [0.1, 0.15) is 18.5 Å². The van der Waals surface area contributed by atoms with Crippen molar-refractivity contribution in [3.05, 3.63) is 29.6 Å². The van der Waals surface area contributed by atoms with Crippen molar-refractivity contribution in [1.29, 1.82) is 0 Å². The van der Waals surface area contributed by atoms with Crippen LogP contribution in [0.15, 0.2) is 18.2 Å². The lowest BCUT2D eigenvalue weighted by atomic mass is 10.0. The second-order valence-electron chi connectivity index (χ2n) is 3.35. The molecule has 15 heavy (non-hydrogen) atoms. The van der Waals surface area contributed by atoms with Gasteiger partial charge in [0.1, 0.15) is 11.6 Å². The quantitative estimate of drug-likeness (QED) is 0.830. The molecule has 0 aliphatic heterocycles. The fraction of sp³-hybridized carbons (Fsp3) is 0.455. The van der Waals surface area contributed by atoms with Crippen molar-refractivity contribution < 1.29 is 13.9 Å². The van der Waals surface area contributed by atoms with Crippen molar-refractivity contribution in [2.24, 2.45) is 5.73 Å². The average molecular weight is 213 g/mol. The van der Waals surface area contributed by atoms with Crippen LogP contribution >= 0.6 is 0 Å². The zero-order valence-corrected chi connectivity index (χ0v) is 9.16. The molecule has 0 fully saturated rings. The minimum atomic E-state index is -0.402. The van der Waals surface area contributed by atoms with Gasteiger partial charge in [-0.05, 0) is 25.1 Å². The molecule has 0 heterocycles. The van der Waals surface area contributed by atoms with Gasteiger partial charge in [-0.3, -0.25) is 0 Å². The van der Waals surface area contributed by atoms with E-state index in [-0.39, 0.29) is 11.9 Å². The molecule has 1 aromatic carbocycles. The summed E-state index contributed by atoms with van der Waals surface area (Å²) in [5.41, 5.74) is 6.54. The average Bonchev–Trinajstić information content (AvgIpc) is 2.27. The van der Waals surface area contributed by atoms with E-state index in [9.17, 15) is 4.39 Å². The van der Waals surface area contributed by atoms with Crippen LogP contribution < -0.4 is 10.5 Å². The topological polar surface area (TPSA) is 44.5 Å². The number of hydrogen-bond acceptors (Lipinski definition) is 3. The summed E-state index contributed by atoms with van der Waals surface area (Å²) >= 11 is 0. The highest BCUT2D eigenvalue weighted by molar-refractivity contribution is 5.36. The summed E-state index contributed by atoms with van der Waals surface area (Å²) in [7, 11) is 3.09. The minimum absolute atomic E-state index is 0.194. The molecule has 0 aliphatic carbocycles. The van der Waals surface area contributed by atoms with Gasteiger partial charge in [-0.25, -0.2) is 4.39 Å². The Balaban J connectivity index is 3.05. The van der Waals surface area contributed by atoms with E-state index >= 15 is 0 Å². The van der Waals surface area contributed by atoms with Crippen molar-refractivity contribution in [2.45, 2.75) is 19.1 Å². The Kier molecular flexibility index (Phi) is 4.05. The van der Waals surface area contributed by atoms with Crippen molar-refractivity contribution in [3.63, 3.8) is 0 Å². The normalized spacial score (nSPS) is 14.7. The van der Waals surface area contributed by atoms with Crippen LogP contribution in [0.5, 0.6) is 5.75 Å². The third kappa shape index (κ3) is 2.67. The Morgan fingerprint density at radius 3 is 2.53 bits per heavy atom. The molecule has 0 saturated carbocycles. The fourth-order valence-electron chi connectivity index (χ4n) is 1.37. The molecule has 84 valence electrons. The third-order valence-electron chi connectivity index (χ3n) is 2.43. The first-order valence-electron chi connectivity index (χ1n) is 4.72. The van der Waals surface area contributed by atoms with Gasteiger partial charge >= 0.3 is 0 Å². The lowest BCUT2D eigenvalue weighted by Crippen LogP contribution is -2.25. The van der Waals surface area contributed by atoms with Crippen LogP contribution in [0, 0.1) is 5.82 Å². The number of methoxy groups -OCH3 is 2. The molecule has 2 atom stereocenters. The van der Waals surface area contributed by atoms with Crippen molar-refractivity contribution in [1.82, 2.24) is 0 Å². The molecular formula is C11H16FNO2. The van der Waals surface area contributed by atoms with Crippen molar-refractivity contribution in [2.75, 3.05) is 14.2 Å². The van der Waals surface area contributed by atoms with Gasteiger partial charge in [-0.1, -0.05) is 0 Å². The maximum absolute atomic E-state index is 13.1. The number of ether oxygens (including phenoxy) is 2. The molecule has 1 rings (SSSR count). The molecule has 0 radical (unpaired) electrons. The number of hydrogen-bond donors (Lipinski definition) is 1. The predicted molar refractivity (Wildman–Crippen MR) is 56.4 cm³/mol. The lowest BCUT2D eigenvalue weighted by molar-refractivity contribution is 0.0947. The van der Waals surface area contributed by atoms with E-state index in [0.29, 0.717) is 11.3 Å². The molecule has 2 unspecified atom stereocenters. The van der Waals surface area contributed by atoms with Crippen molar-refractivity contribution in [3.8, 4) is 5.75 Å². The zero-order chi connectivity index (χ0) is 11.4. The lowest BCUT2D eigenvalue weighted by Gasteiger charge is -2.20. The molecule has 0 spiro atoms. The Labute approximate surface area is 89.0 Å². The molecule has 0 amide bonds. The van der Waals surface area contributed by atoms with Crippen LogP contribution in [0.4, 0.5) is 4.39 Å². The summed E-state index contributed by atoms with van der Waals surface area (Å²) in [6.07, 6.45) is -0.194.